The Bertz CT molecular complexity index is 818. The van der Waals surface area contributed by atoms with E-state index >= 15 is 0 Å². The highest BCUT2D eigenvalue weighted by atomic mass is 35.5. The van der Waals surface area contributed by atoms with E-state index in [1.807, 2.05) is 0 Å². The third-order valence-corrected chi connectivity index (χ3v) is 6.10. The Morgan fingerprint density at radius 1 is 1.30 bits per heavy atom. The lowest BCUT2D eigenvalue weighted by Crippen LogP contribution is -2.27. The zero-order valence-electron chi connectivity index (χ0n) is 12.0. The molecule has 2 rings (SSSR count). The molecule has 1 heterocycles. The van der Waals surface area contributed by atoms with E-state index < -0.39 is 16.0 Å². The first-order valence-electron chi connectivity index (χ1n) is 6.44. The van der Waals surface area contributed by atoms with E-state index in [-0.39, 0.29) is 16.3 Å². The van der Waals surface area contributed by atoms with E-state index in [0.29, 0.717) is 16.5 Å². The molecule has 0 radical (unpaired) electrons. The third-order valence-electron chi connectivity index (χ3n) is 2.99. The van der Waals surface area contributed by atoms with Gasteiger partial charge in [0.05, 0.1) is 7.11 Å². The van der Waals surface area contributed by atoms with Gasteiger partial charge in [-0.2, -0.15) is 0 Å². The summed E-state index contributed by atoms with van der Waals surface area (Å²) < 4.78 is 31.6. The number of benzene rings is 1. The lowest BCUT2D eigenvalue weighted by atomic mass is 10.1. The SMILES string of the molecule is COC(=O)c1sccc1S(=O)(=O)NCCc1ccc(Cl)cc1Cl. The number of sulfonamides is 1. The molecule has 0 spiro atoms. The third kappa shape index (κ3) is 4.45. The average molecular weight is 394 g/mol. The van der Waals surface area contributed by atoms with Crippen LogP contribution in [0, 0.1) is 0 Å². The van der Waals surface area contributed by atoms with Crippen LogP contribution in [0.3, 0.4) is 0 Å². The fourth-order valence-corrected chi connectivity index (χ4v) is 4.74. The molecule has 1 N–H and O–H groups in total. The van der Waals surface area contributed by atoms with Gasteiger partial charge >= 0.3 is 5.97 Å². The van der Waals surface area contributed by atoms with Crippen molar-refractivity contribution in [3.05, 3.63) is 50.1 Å². The van der Waals surface area contributed by atoms with E-state index in [1.165, 1.54) is 18.6 Å². The highest BCUT2D eigenvalue weighted by molar-refractivity contribution is 7.89. The monoisotopic (exact) mass is 393 g/mol. The largest absolute Gasteiger partial charge is 0.465 e. The van der Waals surface area contributed by atoms with Gasteiger partial charge < -0.3 is 4.74 Å². The number of rotatable bonds is 6. The molecule has 0 aliphatic heterocycles. The molecule has 0 amide bonds. The number of methoxy groups -OCH3 is 1. The minimum absolute atomic E-state index is 0.0459. The van der Waals surface area contributed by atoms with Gasteiger partial charge in [-0.3, -0.25) is 0 Å². The summed E-state index contributed by atoms with van der Waals surface area (Å²) in [6.07, 6.45) is 0.396. The molecule has 0 aliphatic carbocycles. The minimum Gasteiger partial charge on any atom is -0.465 e. The molecule has 0 fully saturated rings. The highest BCUT2D eigenvalue weighted by Gasteiger charge is 2.24. The molecule has 23 heavy (non-hydrogen) atoms. The number of carbonyl (C=O) groups excluding carboxylic acids is 1. The molecule has 0 saturated carbocycles. The lowest BCUT2D eigenvalue weighted by Gasteiger charge is -2.08. The molecule has 5 nitrogen and oxygen atoms in total. The van der Waals surface area contributed by atoms with Crippen LogP contribution in [0.4, 0.5) is 0 Å². The van der Waals surface area contributed by atoms with Gasteiger partial charge in [-0.1, -0.05) is 29.3 Å². The topological polar surface area (TPSA) is 72.5 Å². The smallest absolute Gasteiger partial charge is 0.349 e. The van der Waals surface area contributed by atoms with Crippen LogP contribution in [-0.2, 0) is 21.2 Å². The molecule has 0 aliphatic rings. The maximum absolute atomic E-state index is 12.3. The summed E-state index contributed by atoms with van der Waals surface area (Å²) in [6, 6.07) is 6.39. The number of esters is 1. The van der Waals surface area contributed by atoms with Crippen molar-refractivity contribution >= 4 is 50.5 Å². The fraction of sp³-hybridized carbons (Fsp3) is 0.214. The van der Waals surface area contributed by atoms with Gasteiger partial charge in [-0.25, -0.2) is 17.9 Å². The molecular formula is C14H13Cl2NO4S2. The van der Waals surface area contributed by atoms with Crippen molar-refractivity contribution in [2.45, 2.75) is 11.3 Å². The van der Waals surface area contributed by atoms with E-state index in [9.17, 15) is 13.2 Å². The van der Waals surface area contributed by atoms with Crippen LogP contribution in [-0.4, -0.2) is 28.0 Å². The molecule has 0 bridgehead atoms. The molecular weight excluding hydrogens is 381 g/mol. The molecule has 0 unspecified atom stereocenters. The van der Waals surface area contributed by atoms with E-state index in [4.69, 9.17) is 23.2 Å². The summed E-state index contributed by atoms with van der Waals surface area (Å²) in [5, 5.41) is 2.51. The summed E-state index contributed by atoms with van der Waals surface area (Å²) >= 11 is 12.9. The second-order valence-corrected chi connectivity index (χ2v) is 7.98. The number of thiophene rings is 1. The molecule has 1 aromatic carbocycles. The number of hydrogen-bond acceptors (Lipinski definition) is 5. The Balaban J connectivity index is 2.08. The van der Waals surface area contributed by atoms with Crippen LogP contribution < -0.4 is 4.72 Å². The van der Waals surface area contributed by atoms with Crippen LogP contribution in [0.1, 0.15) is 15.2 Å². The maximum Gasteiger partial charge on any atom is 0.349 e. The molecule has 124 valence electrons. The number of nitrogens with one attached hydrogen (secondary N) is 1. The first-order chi connectivity index (χ1) is 10.8. The zero-order chi connectivity index (χ0) is 17.0. The summed E-state index contributed by atoms with van der Waals surface area (Å²) in [4.78, 5) is 11.5. The number of ether oxygens (including phenoxy) is 1. The minimum atomic E-state index is -3.80. The quantitative estimate of drug-likeness (QED) is 0.763. The second kappa shape index (κ2) is 7.63. The Morgan fingerprint density at radius 3 is 2.70 bits per heavy atom. The lowest BCUT2D eigenvalue weighted by molar-refractivity contribution is 0.0602. The van der Waals surface area contributed by atoms with Crippen molar-refractivity contribution in [2.75, 3.05) is 13.7 Å². The molecule has 0 atom stereocenters. The van der Waals surface area contributed by atoms with Gasteiger partial charge in [0.15, 0.2) is 0 Å². The number of halogens is 2. The van der Waals surface area contributed by atoms with Crippen molar-refractivity contribution in [2.24, 2.45) is 0 Å². The second-order valence-electron chi connectivity index (χ2n) is 4.49. The standard InChI is InChI=1S/C14H13Cl2NO4S2/c1-21-14(18)13-12(5-7-22-13)23(19,20)17-6-4-9-2-3-10(15)8-11(9)16/h2-3,5,7-8,17H,4,6H2,1H3. The van der Waals surface area contributed by atoms with E-state index in [1.54, 1.807) is 18.2 Å². The predicted octanol–water partition coefficient (Wildman–Crippen LogP) is 3.36. The normalized spacial score (nSPS) is 11.4. The first kappa shape index (κ1) is 18.2. The molecule has 0 saturated heterocycles. The van der Waals surface area contributed by atoms with Crippen molar-refractivity contribution in [1.82, 2.24) is 4.72 Å². The fourth-order valence-electron chi connectivity index (χ4n) is 1.87. The van der Waals surface area contributed by atoms with Gasteiger partial charge in [0.1, 0.15) is 9.77 Å². The van der Waals surface area contributed by atoms with Gasteiger partial charge in [0.25, 0.3) is 0 Å². The van der Waals surface area contributed by atoms with Crippen LogP contribution in [0.15, 0.2) is 34.5 Å². The summed E-state index contributed by atoms with van der Waals surface area (Å²) in [5.74, 6) is -0.680. The summed E-state index contributed by atoms with van der Waals surface area (Å²) in [6.45, 7) is 0.139. The summed E-state index contributed by atoms with van der Waals surface area (Å²) in [7, 11) is -2.60. The number of hydrogen-bond donors (Lipinski definition) is 1. The molecule has 2 aromatic rings. The van der Waals surface area contributed by atoms with Crippen LogP contribution in [0.2, 0.25) is 10.0 Å². The van der Waals surface area contributed by atoms with Gasteiger partial charge in [-0.15, -0.1) is 11.3 Å². The van der Waals surface area contributed by atoms with Gasteiger partial charge in [-0.05, 0) is 35.6 Å². The van der Waals surface area contributed by atoms with Crippen LogP contribution in [0.5, 0.6) is 0 Å². The van der Waals surface area contributed by atoms with Crippen molar-refractivity contribution in [3.8, 4) is 0 Å². The van der Waals surface area contributed by atoms with E-state index in [2.05, 4.69) is 9.46 Å². The maximum atomic E-state index is 12.3. The Labute approximate surface area is 148 Å². The molecule has 9 heteroatoms. The Kier molecular flexibility index (Phi) is 6.05. The predicted molar refractivity (Wildman–Crippen MR) is 91.0 cm³/mol. The zero-order valence-corrected chi connectivity index (χ0v) is 15.2. The van der Waals surface area contributed by atoms with E-state index in [0.717, 1.165) is 16.9 Å². The Morgan fingerprint density at radius 2 is 2.04 bits per heavy atom. The van der Waals surface area contributed by atoms with Gasteiger partial charge in [0, 0.05) is 16.6 Å². The van der Waals surface area contributed by atoms with Crippen LogP contribution >= 0.6 is 34.5 Å². The summed E-state index contributed by atoms with van der Waals surface area (Å²) in [5.41, 5.74) is 0.775. The van der Waals surface area contributed by atoms with Gasteiger partial charge in [0.2, 0.25) is 10.0 Å². The number of carbonyl (C=O) groups is 1. The first-order valence-corrected chi connectivity index (χ1v) is 9.56. The average Bonchev–Trinajstić information content (AvgIpc) is 2.99. The Hall–Kier alpha value is -1.12. The molecule has 1 aromatic heterocycles. The van der Waals surface area contributed by atoms with Crippen molar-refractivity contribution in [1.29, 1.82) is 0 Å². The van der Waals surface area contributed by atoms with Crippen molar-refractivity contribution in [3.63, 3.8) is 0 Å². The van der Waals surface area contributed by atoms with Crippen LogP contribution in [0.25, 0.3) is 0 Å². The van der Waals surface area contributed by atoms with Crippen molar-refractivity contribution < 1.29 is 17.9 Å². The highest BCUT2D eigenvalue weighted by Crippen LogP contribution is 2.23.